The van der Waals surface area contributed by atoms with Crippen LogP contribution >= 0.6 is 12.2 Å². The lowest BCUT2D eigenvalue weighted by Crippen LogP contribution is -2.42. The summed E-state index contributed by atoms with van der Waals surface area (Å²) in [5, 5.41) is 5.71. The first-order chi connectivity index (χ1) is 18.2. The number of hydrogen-bond acceptors (Lipinski definition) is 7. The minimum atomic E-state index is -0.867. The van der Waals surface area contributed by atoms with Crippen LogP contribution in [0, 0.1) is 0 Å². The van der Waals surface area contributed by atoms with E-state index in [1.165, 1.54) is 11.8 Å². The summed E-state index contributed by atoms with van der Waals surface area (Å²) >= 11 is 5.62. The van der Waals surface area contributed by atoms with Crippen molar-refractivity contribution in [1.29, 1.82) is 0 Å². The van der Waals surface area contributed by atoms with Crippen LogP contribution in [0.2, 0.25) is 0 Å². The van der Waals surface area contributed by atoms with Crippen molar-refractivity contribution in [2.45, 2.75) is 39.7 Å². The number of rotatable bonds is 12. The van der Waals surface area contributed by atoms with E-state index in [4.69, 9.17) is 21.7 Å². The first kappa shape index (κ1) is 28.6. The smallest absolute Gasteiger partial charge is 0.338 e. The second-order valence-electron chi connectivity index (χ2n) is 8.54. The molecule has 1 aliphatic rings. The van der Waals surface area contributed by atoms with Crippen molar-refractivity contribution < 1.29 is 28.7 Å². The molecule has 2 N–H and O–H groups in total. The molecule has 0 unspecified atom stereocenters. The van der Waals surface area contributed by atoms with Gasteiger partial charge in [0.15, 0.2) is 5.11 Å². The van der Waals surface area contributed by atoms with Gasteiger partial charge in [0, 0.05) is 25.7 Å². The fourth-order valence-electron chi connectivity index (χ4n) is 3.88. The molecule has 1 saturated heterocycles. The molecule has 1 atom stereocenters. The third-order valence-corrected chi connectivity index (χ3v) is 6.09. The normalized spacial score (nSPS) is 14.9. The Labute approximate surface area is 227 Å². The zero-order valence-electron chi connectivity index (χ0n) is 21.7. The van der Waals surface area contributed by atoms with E-state index < -0.39 is 12.0 Å². The molecule has 1 heterocycles. The summed E-state index contributed by atoms with van der Waals surface area (Å²) in [4.78, 5) is 52.8. The fraction of sp³-hybridized carbons (Fsp3) is 0.370. The molecule has 0 bridgehead atoms. The van der Waals surface area contributed by atoms with E-state index >= 15 is 0 Å². The Bertz CT molecular complexity index is 1170. The zero-order chi connectivity index (χ0) is 27.7. The second kappa shape index (κ2) is 13.5. The Kier molecular flexibility index (Phi) is 10.2. The van der Waals surface area contributed by atoms with Gasteiger partial charge in [-0.15, -0.1) is 0 Å². The molecule has 2 aromatic rings. The number of nitrogens with one attached hydrogen (secondary N) is 2. The highest BCUT2D eigenvalue weighted by molar-refractivity contribution is 7.80. The van der Waals surface area contributed by atoms with Gasteiger partial charge in [-0.05, 0) is 74.1 Å². The lowest BCUT2D eigenvalue weighted by Gasteiger charge is -2.24. The highest BCUT2D eigenvalue weighted by Crippen LogP contribution is 2.28. The van der Waals surface area contributed by atoms with Crippen LogP contribution in [0.1, 0.15) is 44.0 Å². The number of esters is 1. The Balaban J connectivity index is 1.75. The summed E-state index contributed by atoms with van der Waals surface area (Å²) < 4.78 is 10.6. The van der Waals surface area contributed by atoms with Crippen LogP contribution in [0.5, 0.6) is 5.75 Å². The molecule has 3 rings (SSSR count). The number of hydrogen-bond donors (Lipinski definition) is 2. The number of nitrogens with zero attached hydrogens (tertiary/aromatic N) is 2. The minimum Gasteiger partial charge on any atom is -0.494 e. The van der Waals surface area contributed by atoms with E-state index in [1.54, 1.807) is 60.4 Å². The van der Waals surface area contributed by atoms with E-state index in [0.717, 1.165) is 6.42 Å². The second-order valence-corrected chi connectivity index (χ2v) is 8.91. The number of carbonyl (C=O) groups excluding carboxylic acids is 4. The first-order valence-corrected chi connectivity index (χ1v) is 12.8. The van der Waals surface area contributed by atoms with Gasteiger partial charge in [-0.25, -0.2) is 4.79 Å². The molecular weight excluding hydrogens is 508 g/mol. The molecule has 3 amide bonds. The van der Waals surface area contributed by atoms with Crippen LogP contribution in [-0.2, 0) is 19.1 Å². The van der Waals surface area contributed by atoms with Gasteiger partial charge in [0.25, 0.3) is 5.91 Å². The number of carbonyl (C=O) groups is 4. The molecule has 0 spiro atoms. The van der Waals surface area contributed by atoms with Crippen LogP contribution in [0.25, 0.3) is 0 Å². The van der Waals surface area contributed by atoms with Crippen molar-refractivity contribution in [2.24, 2.45) is 0 Å². The van der Waals surface area contributed by atoms with Gasteiger partial charge in [0.05, 0.1) is 30.9 Å². The molecule has 1 fully saturated rings. The number of thiocarbonyl (C=S) groups is 1. The standard InChI is InChI=1S/C27H32N4O6S/c1-4-16-37-22-12-8-20(9-13-22)29-24(33)17-23-25(34)31(27(38)30(23)15-14-28-18(3)32)21-10-6-19(7-11-21)26(35)36-5-2/h6-13,23H,4-5,14-17H2,1-3H3,(H,28,32)(H,29,33)/t23-/m1/s1. The molecule has 2 aromatic carbocycles. The summed E-state index contributed by atoms with van der Waals surface area (Å²) in [6, 6.07) is 12.4. The maximum Gasteiger partial charge on any atom is 0.338 e. The average molecular weight is 541 g/mol. The molecule has 38 heavy (non-hydrogen) atoms. The summed E-state index contributed by atoms with van der Waals surface area (Å²) in [7, 11) is 0. The van der Waals surface area contributed by atoms with E-state index in [-0.39, 0.29) is 49.0 Å². The van der Waals surface area contributed by atoms with Crippen LogP contribution in [0.4, 0.5) is 11.4 Å². The van der Waals surface area contributed by atoms with Crippen molar-refractivity contribution >= 4 is 52.4 Å². The van der Waals surface area contributed by atoms with E-state index in [9.17, 15) is 19.2 Å². The van der Waals surface area contributed by atoms with Crippen LogP contribution in [-0.4, -0.2) is 66.0 Å². The topological polar surface area (TPSA) is 117 Å². The summed E-state index contributed by atoms with van der Waals surface area (Å²) in [6.45, 7) is 6.47. The molecule has 0 saturated carbocycles. The average Bonchev–Trinajstić information content (AvgIpc) is 3.12. The van der Waals surface area contributed by atoms with Crippen molar-refractivity contribution in [3.05, 3.63) is 54.1 Å². The van der Waals surface area contributed by atoms with Crippen molar-refractivity contribution in [2.75, 3.05) is 36.5 Å². The van der Waals surface area contributed by atoms with E-state index in [2.05, 4.69) is 10.6 Å². The molecular formula is C27H32N4O6S. The Morgan fingerprint density at radius 2 is 1.71 bits per heavy atom. The third-order valence-electron chi connectivity index (χ3n) is 5.67. The van der Waals surface area contributed by atoms with E-state index in [1.807, 2.05) is 6.92 Å². The molecule has 0 aliphatic carbocycles. The Morgan fingerprint density at radius 3 is 2.32 bits per heavy atom. The zero-order valence-corrected chi connectivity index (χ0v) is 22.5. The highest BCUT2D eigenvalue weighted by atomic mass is 32.1. The molecule has 10 nitrogen and oxygen atoms in total. The quantitative estimate of drug-likeness (QED) is 0.312. The van der Waals surface area contributed by atoms with Gasteiger partial charge in [-0.1, -0.05) is 6.92 Å². The van der Waals surface area contributed by atoms with Crippen LogP contribution in [0.3, 0.4) is 0 Å². The predicted molar refractivity (Wildman–Crippen MR) is 147 cm³/mol. The van der Waals surface area contributed by atoms with Crippen molar-refractivity contribution in [3.63, 3.8) is 0 Å². The molecule has 0 aromatic heterocycles. The molecule has 202 valence electrons. The Morgan fingerprint density at radius 1 is 1.03 bits per heavy atom. The molecule has 11 heteroatoms. The minimum absolute atomic E-state index is 0.148. The van der Waals surface area contributed by atoms with Gasteiger partial charge >= 0.3 is 5.97 Å². The number of benzene rings is 2. The van der Waals surface area contributed by atoms with Gasteiger partial charge in [0.2, 0.25) is 11.8 Å². The van der Waals surface area contributed by atoms with Gasteiger partial charge in [-0.2, -0.15) is 0 Å². The number of ether oxygens (including phenoxy) is 2. The maximum absolute atomic E-state index is 13.5. The largest absolute Gasteiger partial charge is 0.494 e. The predicted octanol–water partition coefficient (Wildman–Crippen LogP) is 3.12. The lowest BCUT2D eigenvalue weighted by molar-refractivity contribution is -0.124. The molecule has 1 aliphatic heterocycles. The van der Waals surface area contributed by atoms with Crippen LogP contribution in [0.15, 0.2) is 48.5 Å². The fourth-order valence-corrected chi connectivity index (χ4v) is 4.29. The summed E-state index contributed by atoms with van der Waals surface area (Å²) in [6.07, 6.45) is 0.741. The van der Waals surface area contributed by atoms with Crippen molar-refractivity contribution in [1.82, 2.24) is 10.2 Å². The third kappa shape index (κ3) is 7.28. The lowest BCUT2D eigenvalue weighted by atomic mass is 10.1. The first-order valence-electron chi connectivity index (χ1n) is 12.4. The number of anilines is 2. The summed E-state index contributed by atoms with van der Waals surface area (Å²) in [5.74, 6) is -0.716. The maximum atomic E-state index is 13.5. The number of amides is 3. The van der Waals surface area contributed by atoms with Crippen molar-refractivity contribution in [3.8, 4) is 5.75 Å². The van der Waals surface area contributed by atoms with Gasteiger partial charge < -0.3 is 25.0 Å². The van der Waals surface area contributed by atoms with Gasteiger partial charge in [-0.3, -0.25) is 19.3 Å². The monoisotopic (exact) mass is 540 g/mol. The van der Waals surface area contributed by atoms with E-state index in [0.29, 0.717) is 29.3 Å². The Hall–Kier alpha value is -3.99. The molecule has 0 radical (unpaired) electrons. The highest BCUT2D eigenvalue weighted by Gasteiger charge is 2.44. The van der Waals surface area contributed by atoms with Gasteiger partial charge in [0.1, 0.15) is 11.8 Å². The summed E-state index contributed by atoms with van der Waals surface area (Å²) in [5.41, 5.74) is 1.38. The van der Waals surface area contributed by atoms with Crippen LogP contribution < -0.4 is 20.3 Å². The SMILES string of the molecule is CCCOc1ccc(NC(=O)C[C@@H]2C(=O)N(c3ccc(C(=O)OCC)cc3)C(=S)N2CCNC(C)=O)cc1.